The van der Waals surface area contributed by atoms with E-state index >= 15 is 0 Å². The molecular formula is C25H20F7NO. The van der Waals surface area contributed by atoms with E-state index in [2.05, 4.69) is 4.98 Å². The molecule has 2 nitrogen and oxygen atoms in total. The van der Waals surface area contributed by atoms with Gasteiger partial charge >= 0.3 is 12.4 Å². The number of hydrogen-bond donors (Lipinski definition) is 0. The minimum Gasteiger partial charge on any atom is -0.370 e. The van der Waals surface area contributed by atoms with Crippen molar-refractivity contribution in [3.8, 4) is 0 Å². The fourth-order valence-corrected chi connectivity index (χ4v) is 4.35. The topological polar surface area (TPSA) is 22.1 Å². The zero-order valence-electron chi connectivity index (χ0n) is 17.9. The van der Waals surface area contributed by atoms with E-state index in [0.717, 1.165) is 11.3 Å². The van der Waals surface area contributed by atoms with Crippen LogP contribution in [0.3, 0.4) is 0 Å². The van der Waals surface area contributed by atoms with Gasteiger partial charge in [0.05, 0.1) is 23.3 Å². The fourth-order valence-electron chi connectivity index (χ4n) is 4.35. The lowest BCUT2D eigenvalue weighted by Gasteiger charge is -2.35. The second kappa shape index (κ2) is 9.02. The third kappa shape index (κ3) is 5.09. The Morgan fingerprint density at radius 2 is 1.53 bits per heavy atom. The number of fused-ring (bicyclic) bond motifs is 1. The third-order valence-corrected chi connectivity index (χ3v) is 5.99. The van der Waals surface area contributed by atoms with Gasteiger partial charge in [0.1, 0.15) is 5.82 Å². The van der Waals surface area contributed by atoms with Gasteiger partial charge in [-0.05, 0) is 72.9 Å². The molecule has 34 heavy (non-hydrogen) atoms. The van der Waals surface area contributed by atoms with E-state index in [1.165, 1.54) is 19.1 Å². The highest BCUT2D eigenvalue weighted by Gasteiger charge is 2.38. The summed E-state index contributed by atoms with van der Waals surface area (Å²) in [6.45, 7) is 1.43. The summed E-state index contributed by atoms with van der Waals surface area (Å²) in [6.07, 6.45) is -8.89. The Bertz CT molecular complexity index is 1120. The SMILES string of the molecule is C[C@H](O[C@@H]1CCc2ncccc2[C@H]1c1ccc(F)cc1)c1cc(C(F)(F)F)cc(C(F)(F)F)c1. The fraction of sp³-hybridized carbons (Fsp3) is 0.320. The summed E-state index contributed by atoms with van der Waals surface area (Å²) in [7, 11) is 0. The third-order valence-electron chi connectivity index (χ3n) is 5.99. The van der Waals surface area contributed by atoms with Crippen LogP contribution in [0.4, 0.5) is 30.7 Å². The molecule has 2 aromatic carbocycles. The molecule has 0 N–H and O–H groups in total. The molecule has 1 aromatic heterocycles. The summed E-state index contributed by atoms with van der Waals surface area (Å²) in [5, 5.41) is 0. The van der Waals surface area contributed by atoms with Crippen LogP contribution in [-0.2, 0) is 23.5 Å². The summed E-state index contributed by atoms with van der Waals surface area (Å²) in [5.74, 6) is -0.839. The molecule has 180 valence electrons. The van der Waals surface area contributed by atoms with Gasteiger partial charge < -0.3 is 4.74 Å². The second-order valence-electron chi connectivity index (χ2n) is 8.26. The van der Waals surface area contributed by atoms with Crippen molar-refractivity contribution in [2.45, 2.75) is 50.2 Å². The van der Waals surface area contributed by atoms with Crippen LogP contribution in [0.5, 0.6) is 0 Å². The molecule has 0 saturated carbocycles. The van der Waals surface area contributed by atoms with Crippen molar-refractivity contribution < 1.29 is 35.5 Å². The average molecular weight is 483 g/mol. The van der Waals surface area contributed by atoms with Crippen LogP contribution in [0.25, 0.3) is 0 Å². The summed E-state index contributed by atoms with van der Waals surface area (Å²) in [6, 6.07) is 10.8. The average Bonchev–Trinajstić information content (AvgIpc) is 2.78. The molecular weight excluding hydrogens is 463 g/mol. The number of halogens is 7. The van der Waals surface area contributed by atoms with Crippen LogP contribution in [0.2, 0.25) is 0 Å². The van der Waals surface area contributed by atoms with Gasteiger partial charge in [-0.15, -0.1) is 0 Å². The van der Waals surface area contributed by atoms with Crippen LogP contribution in [0.1, 0.15) is 58.9 Å². The molecule has 0 amide bonds. The normalized spacial score (nSPS) is 19.5. The van der Waals surface area contributed by atoms with Gasteiger partial charge in [-0.2, -0.15) is 26.3 Å². The summed E-state index contributed by atoms with van der Waals surface area (Å²) < 4.78 is 99.4. The Morgan fingerprint density at radius 1 is 0.912 bits per heavy atom. The highest BCUT2D eigenvalue weighted by molar-refractivity contribution is 5.39. The second-order valence-corrected chi connectivity index (χ2v) is 8.26. The van der Waals surface area contributed by atoms with Crippen molar-refractivity contribution in [3.05, 3.63) is 100 Å². The predicted molar refractivity (Wildman–Crippen MR) is 111 cm³/mol. The predicted octanol–water partition coefficient (Wildman–Crippen LogP) is 7.48. The van der Waals surface area contributed by atoms with Crippen LogP contribution in [0, 0.1) is 5.82 Å². The maximum atomic E-state index is 13.5. The molecule has 0 fully saturated rings. The Kier molecular flexibility index (Phi) is 6.42. The molecule has 0 saturated heterocycles. The van der Waals surface area contributed by atoms with Crippen molar-refractivity contribution in [2.75, 3.05) is 0 Å². The van der Waals surface area contributed by atoms with Crippen molar-refractivity contribution in [1.29, 1.82) is 0 Å². The quantitative estimate of drug-likeness (QED) is 0.359. The number of nitrogens with zero attached hydrogens (tertiary/aromatic N) is 1. The molecule has 9 heteroatoms. The first-order valence-corrected chi connectivity index (χ1v) is 10.6. The largest absolute Gasteiger partial charge is 0.416 e. The molecule has 0 bridgehead atoms. The minimum atomic E-state index is -4.94. The van der Waals surface area contributed by atoms with Crippen molar-refractivity contribution in [2.24, 2.45) is 0 Å². The lowest BCUT2D eigenvalue weighted by atomic mass is 9.78. The zero-order valence-corrected chi connectivity index (χ0v) is 17.9. The number of benzene rings is 2. The maximum absolute atomic E-state index is 13.5. The number of hydrogen-bond acceptors (Lipinski definition) is 2. The first-order chi connectivity index (χ1) is 15.9. The van der Waals surface area contributed by atoms with Crippen molar-refractivity contribution in [3.63, 3.8) is 0 Å². The van der Waals surface area contributed by atoms with Gasteiger partial charge in [0, 0.05) is 17.8 Å². The number of alkyl halides is 6. The van der Waals surface area contributed by atoms with E-state index in [9.17, 15) is 30.7 Å². The van der Waals surface area contributed by atoms with E-state index in [1.54, 1.807) is 24.4 Å². The highest BCUT2D eigenvalue weighted by Crippen LogP contribution is 2.42. The van der Waals surface area contributed by atoms with Crippen molar-refractivity contribution >= 4 is 0 Å². The molecule has 4 rings (SSSR count). The van der Waals surface area contributed by atoms with Gasteiger partial charge in [0.2, 0.25) is 0 Å². The zero-order chi connectivity index (χ0) is 24.7. The molecule has 1 heterocycles. The van der Waals surface area contributed by atoms with Crippen LogP contribution >= 0.6 is 0 Å². The number of rotatable bonds is 4. The molecule has 1 aliphatic rings. The van der Waals surface area contributed by atoms with E-state index in [1.807, 2.05) is 6.07 Å². The molecule has 0 aliphatic heterocycles. The Balaban J connectivity index is 1.70. The maximum Gasteiger partial charge on any atom is 0.416 e. The van der Waals surface area contributed by atoms with Crippen LogP contribution in [0.15, 0.2) is 60.8 Å². The number of aromatic nitrogens is 1. The number of aryl methyl sites for hydroxylation is 1. The van der Waals surface area contributed by atoms with Gasteiger partial charge in [-0.3, -0.25) is 4.98 Å². The number of pyridine rings is 1. The number of ether oxygens (including phenoxy) is 1. The lowest BCUT2D eigenvalue weighted by molar-refractivity contribution is -0.143. The molecule has 0 spiro atoms. The monoisotopic (exact) mass is 483 g/mol. The first-order valence-electron chi connectivity index (χ1n) is 10.6. The Hall–Kier alpha value is -2.94. The molecule has 3 aromatic rings. The minimum absolute atomic E-state index is 0.0973. The van der Waals surface area contributed by atoms with E-state index in [-0.39, 0.29) is 11.6 Å². The summed E-state index contributed by atoms with van der Waals surface area (Å²) in [4.78, 5) is 4.38. The summed E-state index contributed by atoms with van der Waals surface area (Å²) in [5.41, 5.74) is -0.632. The van der Waals surface area contributed by atoms with Gasteiger partial charge in [0.25, 0.3) is 0 Å². The summed E-state index contributed by atoms with van der Waals surface area (Å²) >= 11 is 0. The first kappa shape index (κ1) is 24.2. The lowest BCUT2D eigenvalue weighted by Crippen LogP contribution is -2.30. The van der Waals surface area contributed by atoms with Gasteiger partial charge in [-0.25, -0.2) is 4.39 Å². The van der Waals surface area contributed by atoms with Crippen molar-refractivity contribution in [1.82, 2.24) is 4.98 Å². The van der Waals surface area contributed by atoms with E-state index in [0.29, 0.717) is 30.5 Å². The van der Waals surface area contributed by atoms with Crippen LogP contribution < -0.4 is 0 Å². The molecule has 3 atom stereocenters. The molecule has 0 unspecified atom stereocenters. The van der Waals surface area contributed by atoms with Gasteiger partial charge in [0.15, 0.2) is 0 Å². The highest BCUT2D eigenvalue weighted by atomic mass is 19.4. The van der Waals surface area contributed by atoms with Crippen LogP contribution in [-0.4, -0.2) is 11.1 Å². The van der Waals surface area contributed by atoms with E-state index in [4.69, 9.17) is 4.74 Å². The van der Waals surface area contributed by atoms with E-state index < -0.39 is 47.4 Å². The Morgan fingerprint density at radius 3 is 2.12 bits per heavy atom. The van der Waals surface area contributed by atoms with Gasteiger partial charge in [-0.1, -0.05) is 18.2 Å². The smallest absolute Gasteiger partial charge is 0.370 e. The molecule has 1 aliphatic carbocycles. The molecule has 0 radical (unpaired) electrons. The Labute approximate surface area is 191 Å². The standard InChI is InChI=1S/C25H20F7NO/c1-14(16-11-17(24(27,28)29)13-18(12-16)25(30,31)32)34-22-9-8-21-20(3-2-10-33-21)23(22)15-4-6-19(26)7-5-15/h2-7,10-14,22-23H,8-9H2,1H3/t14-,22+,23+/m0/s1.